The summed E-state index contributed by atoms with van der Waals surface area (Å²) >= 11 is 0. The number of benzene rings is 7. The summed E-state index contributed by atoms with van der Waals surface area (Å²) in [6, 6.07) is 54.7. The molecule has 0 atom stereocenters. The lowest BCUT2D eigenvalue weighted by molar-refractivity contribution is 1.21. The Kier molecular flexibility index (Phi) is 7.59. The Morgan fingerprint density at radius 1 is 0.365 bits per heavy atom. The highest BCUT2D eigenvalue weighted by molar-refractivity contribution is 7.00. The Hall–Kier alpha value is -6.00. The lowest BCUT2D eigenvalue weighted by Crippen LogP contribution is -2.61. The van der Waals surface area contributed by atoms with Crippen LogP contribution in [0.5, 0.6) is 0 Å². The smallest absolute Gasteiger partial charge is 0.252 e. The summed E-state index contributed by atoms with van der Waals surface area (Å²) in [5.74, 6) is 0. The van der Waals surface area contributed by atoms with E-state index in [4.69, 9.17) is 0 Å². The molecule has 0 bridgehead atoms. The van der Waals surface area contributed by atoms with Crippen molar-refractivity contribution in [2.24, 2.45) is 0 Å². The first-order valence-electron chi connectivity index (χ1n) is 18.3. The van der Waals surface area contributed by atoms with E-state index in [9.17, 15) is 0 Å². The van der Waals surface area contributed by atoms with E-state index in [1.54, 1.807) is 0 Å². The van der Waals surface area contributed by atoms with Crippen LogP contribution < -0.4 is 31.1 Å². The molecule has 0 aromatic heterocycles. The van der Waals surface area contributed by atoms with Gasteiger partial charge in [-0.05, 0) is 159 Å². The Bertz CT molecular complexity index is 2470. The van der Waals surface area contributed by atoms with Crippen LogP contribution in [0.4, 0.5) is 51.2 Å². The van der Waals surface area contributed by atoms with Crippen LogP contribution in [-0.4, -0.2) is 6.71 Å². The Labute approximate surface area is 308 Å². The molecule has 2 aliphatic heterocycles. The zero-order chi connectivity index (χ0) is 35.7. The molecule has 7 aromatic rings. The molecule has 0 saturated carbocycles. The summed E-state index contributed by atoms with van der Waals surface area (Å²) in [6.45, 7) is 13.2. The van der Waals surface area contributed by atoms with Crippen LogP contribution in [0.3, 0.4) is 0 Å². The molecule has 2 aliphatic rings. The maximum Gasteiger partial charge on any atom is 0.252 e. The predicted octanol–water partition coefficient (Wildman–Crippen LogP) is 11.1. The first kappa shape index (κ1) is 31.9. The van der Waals surface area contributed by atoms with Gasteiger partial charge in [0.2, 0.25) is 0 Å². The molecule has 0 saturated heterocycles. The predicted molar refractivity (Wildman–Crippen MR) is 224 cm³/mol. The van der Waals surface area contributed by atoms with E-state index in [0.717, 1.165) is 22.7 Å². The Morgan fingerprint density at radius 3 is 1.35 bits per heavy atom. The number of nitrogens with zero attached hydrogens (tertiary/aromatic N) is 3. The standard InChI is InChI=1S/C48H42BN3/c1-31-16-20-37(21-17-31)51-44-27-35(5)18-22-42(44)49-43-23-19-36(6)28-45(43)52(40-15-9-12-34(4)26-40)47-30-41(29-46(51)48(47)49)50(38-13-7-10-32(2)24-38)39-14-8-11-33(3)25-39/h7-30H,1-6H3. The maximum atomic E-state index is 2.52. The number of aryl methyl sites for hydroxylation is 6. The average molecular weight is 672 g/mol. The zero-order valence-electron chi connectivity index (χ0n) is 30.8. The quantitative estimate of drug-likeness (QED) is 0.169. The van der Waals surface area contributed by atoms with Crippen LogP contribution >= 0.6 is 0 Å². The third-order valence-corrected chi connectivity index (χ3v) is 10.7. The number of fused-ring (bicyclic) bond motifs is 4. The molecule has 0 spiro atoms. The highest BCUT2D eigenvalue weighted by Gasteiger charge is 2.44. The second-order valence-electron chi connectivity index (χ2n) is 14.8. The second kappa shape index (κ2) is 12.3. The highest BCUT2D eigenvalue weighted by Crippen LogP contribution is 2.48. The molecular formula is C48H42BN3. The van der Waals surface area contributed by atoms with Gasteiger partial charge in [0, 0.05) is 45.5 Å². The fourth-order valence-corrected chi connectivity index (χ4v) is 8.32. The van der Waals surface area contributed by atoms with Crippen LogP contribution in [0, 0.1) is 41.5 Å². The van der Waals surface area contributed by atoms with Crippen molar-refractivity contribution in [3.63, 3.8) is 0 Å². The monoisotopic (exact) mass is 671 g/mol. The molecule has 0 aliphatic carbocycles. The lowest BCUT2D eigenvalue weighted by atomic mass is 9.33. The summed E-state index contributed by atoms with van der Waals surface area (Å²) in [7, 11) is 0. The van der Waals surface area contributed by atoms with Gasteiger partial charge in [-0.1, -0.05) is 78.4 Å². The van der Waals surface area contributed by atoms with Crippen molar-refractivity contribution in [2.45, 2.75) is 41.5 Å². The summed E-state index contributed by atoms with van der Waals surface area (Å²) in [6.07, 6.45) is 0. The minimum absolute atomic E-state index is 0.0689. The van der Waals surface area contributed by atoms with Gasteiger partial charge in [-0.15, -0.1) is 0 Å². The van der Waals surface area contributed by atoms with E-state index in [0.29, 0.717) is 0 Å². The van der Waals surface area contributed by atoms with Crippen LogP contribution in [0.15, 0.2) is 146 Å². The van der Waals surface area contributed by atoms with E-state index in [1.165, 1.54) is 78.2 Å². The Morgan fingerprint density at radius 2 is 0.827 bits per heavy atom. The van der Waals surface area contributed by atoms with Gasteiger partial charge in [-0.25, -0.2) is 0 Å². The van der Waals surface area contributed by atoms with Crippen molar-refractivity contribution >= 4 is 74.3 Å². The van der Waals surface area contributed by atoms with Crippen LogP contribution in [-0.2, 0) is 0 Å². The van der Waals surface area contributed by atoms with Crippen molar-refractivity contribution in [3.05, 3.63) is 179 Å². The van der Waals surface area contributed by atoms with Crippen LogP contribution in [0.1, 0.15) is 33.4 Å². The van der Waals surface area contributed by atoms with Crippen LogP contribution in [0.2, 0.25) is 0 Å². The van der Waals surface area contributed by atoms with Gasteiger partial charge in [-0.2, -0.15) is 0 Å². The maximum absolute atomic E-state index is 2.52. The molecule has 0 amide bonds. The molecule has 3 nitrogen and oxygen atoms in total. The first-order chi connectivity index (χ1) is 25.2. The second-order valence-corrected chi connectivity index (χ2v) is 14.8. The van der Waals surface area contributed by atoms with Gasteiger partial charge in [0.15, 0.2) is 0 Å². The summed E-state index contributed by atoms with van der Waals surface area (Å²) in [5, 5.41) is 0. The summed E-state index contributed by atoms with van der Waals surface area (Å²) in [5.41, 5.74) is 22.0. The van der Waals surface area contributed by atoms with E-state index in [-0.39, 0.29) is 6.71 Å². The molecule has 252 valence electrons. The minimum Gasteiger partial charge on any atom is -0.311 e. The van der Waals surface area contributed by atoms with Gasteiger partial charge in [0.25, 0.3) is 6.71 Å². The van der Waals surface area contributed by atoms with Gasteiger partial charge in [0.1, 0.15) is 0 Å². The SMILES string of the molecule is Cc1ccc(N2c3cc(C)ccc3B3c4ccc(C)cc4N(c4cccc(C)c4)c4cc(N(c5cccc(C)c5)c5cccc(C)c5)cc2c43)cc1. The normalized spacial score (nSPS) is 12.7. The fraction of sp³-hybridized carbons (Fsp3) is 0.125. The lowest BCUT2D eigenvalue weighted by Gasteiger charge is -2.45. The van der Waals surface area contributed by atoms with Crippen LogP contribution in [0.25, 0.3) is 0 Å². The summed E-state index contributed by atoms with van der Waals surface area (Å²) in [4.78, 5) is 7.47. The molecule has 0 fully saturated rings. The van der Waals surface area contributed by atoms with E-state index < -0.39 is 0 Å². The van der Waals surface area contributed by atoms with E-state index in [1.807, 2.05) is 0 Å². The van der Waals surface area contributed by atoms with Crippen molar-refractivity contribution < 1.29 is 0 Å². The van der Waals surface area contributed by atoms with E-state index in [2.05, 4.69) is 202 Å². The topological polar surface area (TPSA) is 9.72 Å². The highest BCUT2D eigenvalue weighted by atomic mass is 15.2. The fourth-order valence-electron chi connectivity index (χ4n) is 8.32. The number of hydrogen-bond acceptors (Lipinski definition) is 3. The van der Waals surface area contributed by atoms with E-state index >= 15 is 0 Å². The zero-order valence-corrected chi connectivity index (χ0v) is 30.8. The molecule has 9 rings (SSSR count). The van der Waals surface area contributed by atoms with Gasteiger partial charge in [-0.3, -0.25) is 0 Å². The van der Waals surface area contributed by atoms with Gasteiger partial charge < -0.3 is 14.7 Å². The molecule has 4 heteroatoms. The number of hydrogen-bond donors (Lipinski definition) is 0. The van der Waals surface area contributed by atoms with Crippen molar-refractivity contribution in [1.82, 2.24) is 0 Å². The molecule has 0 radical (unpaired) electrons. The van der Waals surface area contributed by atoms with Crippen molar-refractivity contribution in [2.75, 3.05) is 14.7 Å². The molecule has 52 heavy (non-hydrogen) atoms. The molecule has 2 heterocycles. The first-order valence-corrected chi connectivity index (χ1v) is 18.3. The largest absolute Gasteiger partial charge is 0.311 e. The average Bonchev–Trinajstić information content (AvgIpc) is 3.12. The number of anilines is 9. The van der Waals surface area contributed by atoms with Gasteiger partial charge >= 0.3 is 0 Å². The van der Waals surface area contributed by atoms with Crippen molar-refractivity contribution in [1.29, 1.82) is 0 Å². The minimum atomic E-state index is 0.0689. The molecule has 0 N–H and O–H groups in total. The van der Waals surface area contributed by atoms with Crippen molar-refractivity contribution in [3.8, 4) is 0 Å². The molecule has 0 unspecified atom stereocenters. The summed E-state index contributed by atoms with van der Waals surface area (Å²) < 4.78 is 0. The molecule has 7 aromatic carbocycles. The van der Waals surface area contributed by atoms with Gasteiger partial charge in [0.05, 0.1) is 5.69 Å². The Balaban J connectivity index is 1.43. The molecular weight excluding hydrogens is 629 g/mol. The number of rotatable bonds is 5. The third-order valence-electron chi connectivity index (χ3n) is 10.7. The third kappa shape index (κ3) is 5.29.